The van der Waals surface area contributed by atoms with Gasteiger partial charge < -0.3 is 5.32 Å². The van der Waals surface area contributed by atoms with E-state index in [1.807, 2.05) is 0 Å². The number of hydrogen-bond donors (Lipinski definition) is 1. The minimum absolute atomic E-state index is 0.378. The van der Waals surface area contributed by atoms with Crippen LogP contribution in [-0.4, -0.2) is 18.9 Å². The lowest BCUT2D eigenvalue weighted by Crippen LogP contribution is -2.26. The van der Waals surface area contributed by atoms with Gasteiger partial charge in [0, 0.05) is 12.3 Å². The average molecular weight is 237 g/mol. The Balaban J connectivity index is 1.74. The second kappa shape index (κ2) is 5.99. The predicted molar refractivity (Wildman–Crippen MR) is 70.9 cm³/mol. The van der Waals surface area contributed by atoms with E-state index < -0.39 is 0 Å². The lowest BCUT2D eigenvalue weighted by molar-refractivity contribution is -0.125. The normalized spacial score (nSPS) is 38.2. The third-order valence-corrected chi connectivity index (χ3v) is 4.60. The van der Waals surface area contributed by atoms with Gasteiger partial charge in [-0.25, -0.2) is 0 Å². The maximum atomic E-state index is 12.2. The Morgan fingerprint density at radius 2 is 1.88 bits per heavy atom. The van der Waals surface area contributed by atoms with E-state index in [4.69, 9.17) is 0 Å². The first-order valence-electron chi connectivity index (χ1n) is 7.38. The molecule has 2 aliphatic rings. The van der Waals surface area contributed by atoms with Gasteiger partial charge in [-0.3, -0.25) is 4.79 Å². The highest BCUT2D eigenvalue weighted by molar-refractivity contribution is 5.81. The summed E-state index contributed by atoms with van der Waals surface area (Å²) in [5.74, 6) is 3.19. The number of ketones is 1. The number of nitrogens with one attached hydrogen (secondary N) is 1. The summed E-state index contributed by atoms with van der Waals surface area (Å²) in [6, 6.07) is 0. The summed E-state index contributed by atoms with van der Waals surface area (Å²) in [6.45, 7) is 6.88. The standard InChI is InChI=1S/C15H27NO/c1-11-7-12(2)9-14(8-11)15(17)4-3-13-5-6-16-10-13/h11-14,16H,3-10H2,1-2H3. The molecule has 0 aromatic carbocycles. The molecule has 1 heterocycles. The van der Waals surface area contributed by atoms with Crippen LogP contribution in [0.1, 0.15) is 52.4 Å². The molecule has 2 heteroatoms. The SMILES string of the molecule is CC1CC(C)CC(C(=O)CCC2CCNC2)C1. The molecule has 98 valence electrons. The van der Waals surface area contributed by atoms with Crippen LogP contribution in [0.3, 0.4) is 0 Å². The van der Waals surface area contributed by atoms with Crippen LogP contribution in [0.25, 0.3) is 0 Å². The molecule has 2 rings (SSSR count). The maximum absolute atomic E-state index is 12.2. The molecule has 2 fully saturated rings. The summed E-state index contributed by atoms with van der Waals surface area (Å²) < 4.78 is 0. The van der Waals surface area contributed by atoms with Gasteiger partial charge in [0.1, 0.15) is 5.78 Å². The summed E-state index contributed by atoms with van der Waals surface area (Å²) in [4.78, 5) is 12.2. The fraction of sp³-hybridized carbons (Fsp3) is 0.933. The molecule has 0 amide bonds. The van der Waals surface area contributed by atoms with Crippen LogP contribution in [0.2, 0.25) is 0 Å². The molecule has 0 aromatic heterocycles. The Kier molecular flexibility index (Phi) is 4.61. The van der Waals surface area contributed by atoms with Crippen molar-refractivity contribution in [2.45, 2.75) is 52.4 Å². The third kappa shape index (κ3) is 3.80. The summed E-state index contributed by atoms with van der Waals surface area (Å²) in [5, 5.41) is 3.38. The van der Waals surface area contributed by atoms with E-state index in [-0.39, 0.29) is 0 Å². The van der Waals surface area contributed by atoms with Crippen LogP contribution < -0.4 is 5.32 Å². The first-order valence-corrected chi connectivity index (χ1v) is 7.38. The Bertz CT molecular complexity index is 248. The molecule has 0 bridgehead atoms. The van der Waals surface area contributed by atoms with Gasteiger partial charge >= 0.3 is 0 Å². The molecule has 0 radical (unpaired) electrons. The summed E-state index contributed by atoms with van der Waals surface area (Å²) >= 11 is 0. The molecule has 17 heavy (non-hydrogen) atoms. The molecule has 0 spiro atoms. The second-order valence-corrected chi connectivity index (χ2v) is 6.48. The molecule has 1 aliphatic carbocycles. The highest BCUT2D eigenvalue weighted by Gasteiger charge is 2.29. The Labute approximate surface area is 106 Å². The van der Waals surface area contributed by atoms with E-state index in [2.05, 4.69) is 19.2 Å². The molecule has 1 saturated carbocycles. The van der Waals surface area contributed by atoms with Crippen LogP contribution in [-0.2, 0) is 4.79 Å². The average Bonchev–Trinajstić information content (AvgIpc) is 2.77. The van der Waals surface area contributed by atoms with Crippen molar-refractivity contribution in [3.63, 3.8) is 0 Å². The van der Waals surface area contributed by atoms with Crippen molar-refractivity contribution in [3.8, 4) is 0 Å². The number of carbonyl (C=O) groups excluding carboxylic acids is 1. The number of carbonyl (C=O) groups is 1. The third-order valence-electron chi connectivity index (χ3n) is 4.60. The maximum Gasteiger partial charge on any atom is 0.136 e. The van der Waals surface area contributed by atoms with Crippen molar-refractivity contribution in [1.29, 1.82) is 0 Å². The first-order chi connectivity index (χ1) is 8.15. The topological polar surface area (TPSA) is 29.1 Å². The molecule has 0 aromatic rings. The van der Waals surface area contributed by atoms with Gasteiger partial charge in [0.15, 0.2) is 0 Å². The van der Waals surface area contributed by atoms with E-state index in [1.165, 1.54) is 12.8 Å². The van der Waals surface area contributed by atoms with Crippen molar-refractivity contribution < 1.29 is 4.79 Å². The zero-order valence-electron chi connectivity index (χ0n) is 11.4. The van der Waals surface area contributed by atoms with Crippen molar-refractivity contribution in [2.75, 3.05) is 13.1 Å². The van der Waals surface area contributed by atoms with E-state index in [9.17, 15) is 4.79 Å². The van der Waals surface area contributed by atoms with Crippen LogP contribution in [0.5, 0.6) is 0 Å². The highest BCUT2D eigenvalue weighted by atomic mass is 16.1. The largest absolute Gasteiger partial charge is 0.316 e. The number of Topliss-reactive ketones (excluding diaryl/α,β-unsaturated/α-hetero) is 1. The van der Waals surface area contributed by atoms with Crippen LogP contribution in [0.15, 0.2) is 0 Å². The van der Waals surface area contributed by atoms with E-state index in [1.54, 1.807) is 0 Å². The predicted octanol–water partition coefficient (Wildman–Crippen LogP) is 3.02. The summed E-state index contributed by atoms with van der Waals surface area (Å²) in [5.41, 5.74) is 0. The van der Waals surface area contributed by atoms with Crippen LogP contribution in [0, 0.1) is 23.7 Å². The van der Waals surface area contributed by atoms with Gasteiger partial charge in [-0.05, 0) is 62.9 Å². The Hall–Kier alpha value is -0.370. The monoisotopic (exact) mass is 237 g/mol. The van der Waals surface area contributed by atoms with Gasteiger partial charge in [0.05, 0.1) is 0 Å². The Morgan fingerprint density at radius 3 is 2.47 bits per heavy atom. The lowest BCUT2D eigenvalue weighted by Gasteiger charge is -2.30. The highest BCUT2D eigenvalue weighted by Crippen LogP contribution is 2.34. The van der Waals surface area contributed by atoms with Gasteiger partial charge in [-0.15, -0.1) is 0 Å². The molecule has 1 saturated heterocycles. The van der Waals surface area contributed by atoms with Gasteiger partial charge in [-0.2, -0.15) is 0 Å². The van der Waals surface area contributed by atoms with E-state index >= 15 is 0 Å². The first kappa shape index (κ1) is 13.1. The molecule has 2 nitrogen and oxygen atoms in total. The molecule has 1 aliphatic heterocycles. The van der Waals surface area contributed by atoms with Crippen molar-refractivity contribution in [2.24, 2.45) is 23.7 Å². The summed E-state index contributed by atoms with van der Waals surface area (Å²) in [6.07, 6.45) is 6.82. The minimum Gasteiger partial charge on any atom is -0.316 e. The fourth-order valence-corrected chi connectivity index (χ4v) is 3.72. The zero-order chi connectivity index (χ0) is 12.3. The molecule has 3 unspecified atom stereocenters. The fourth-order valence-electron chi connectivity index (χ4n) is 3.72. The molecular formula is C15H27NO. The quantitative estimate of drug-likeness (QED) is 0.814. The van der Waals surface area contributed by atoms with Crippen LogP contribution >= 0.6 is 0 Å². The summed E-state index contributed by atoms with van der Waals surface area (Å²) in [7, 11) is 0. The Morgan fingerprint density at radius 1 is 1.18 bits per heavy atom. The molecule has 3 atom stereocenters. The van der Waals surface area contributed by atoms with Crippen LogP contribution in [0.4, 0.5) is 0 Å². The number of hydrogen-bond acceptors (Lipinski definition) is 2. The van der Waals surface area contributed by atoms with E-state index in [0.717, 1.165) is 56.5 Å². The van der Waals surface area contributed by atoms with E-state index in [0.29, 0.717) is 11.7 Å². The number of rotatable bonds is 4. The minimum atomic E-state index is 0.378. The van der Waals surface area contributed by atoms with Crippen molar-refractivity contribution in [3.05, 3.63) is 0 Å². The van der Waals surface area contributed by atoms with Crippen molar-refractivity contribution >= 4 is 5.78 Å². The lowest BCUT2D eigenvalue weighted by atomic mass is 9.74. The second-order valence-electron chi connectivity index (χ2n) is 6.48. The smallest absolute Gasteiger partial charge is 0.136 e. The molecule has 1 N–H and O–H groups in total. The zero-order valence-corrected chi connectivity index (χ0v) is 11.4. The van der Waals surface area contributed by atoms with Crippen molar-refractivity contribution in [1.82, 2.24) is 5.32 Å². The van der Waals surface area contributed by atoms with Gasteiger partial charge in [0.2, 0.25) is 0 Å². The molecular weight excluding hydrogens is 210 g/mol. The van der Waals surface area contributed by atoms with Gasteiger partial charge in [0.25, 0.3) is 0 Å². The van der Waals surface area contributed by atoms with Gasteiger partial charge in [-0.1, -0.05) is 13.8 Å².